The summed E-state index contributed by atoms with van der Waals surface area (Å²) in [6.07, 6.45) is -4.79. The highest BCUT2D eigenvalue weighted by atomic mass is 19.4. The Hall–Kier alpha value is -1.72. The van der Waals surface area contributed by atoms with E-state index in [-0.39, 0.29) is 24.8 Å². The minimum atomic E-state index is -4.15. The van der Waals surface area contributed by atoms with Crippen molar-refractivity contribution >= 4 is 11.6 Å². The number of hydrogen-bond donors (Lipinski definition) is 2. The highest BCUT2D eigenvalue weighted by Gasteiger charge is 2.26. The molecular weight excluding hydrogens is 269 g/mol. The van der Waals surface area contributed by atoms with E-state index in [9.17, 15) is 18.0 Å². The number of benzene rings is 1. The molecule has 20 heavy (non-hydrogen) atoms. The van der Waals surface area contributed by atoms with Crippen LogP contribution in [0.3, 0.4) is 0 Å². The van der Waals surface area contributed by atoms with Crippen LogP contribution in [0.1, 0.15) is 30.7 Å². The summed E-state index contributed by atoms with van der Waals surface area (Å²) in [5, 5.41) is 5.76. The van der Waals surface area contributed by atoms with Crippen LogP contribution in [0.15, 0.2) is 24.3 Å². The molecule has 0 radical (unpaired) electrons. The number of alkyl halides is 3. The van der Waals surface area contributed by atoms with Crippen molar-refractivity contribution in [2.75, 3.05) is 18.4 Å². The highest BCUT2D eigenvalue weighted by Crippen LogP contribution is 2.33. The molecule has 0 bridgehead atoms. The molecule has 1 heterocycles. The lowest BCUT2D eigenvalue weighted by Crippen LogP contribution is -2.27. The largest absolute Gasteiger partial charge is 0.389 e. The number of carbonyl (C=O) groups is 1. The van der Waals surface area contributed by atoms with Crippen molar-refractivity contribution in [3.8, 4) is 0 Å². The van der Waals surface area contributed by atoms with Crippen LogP contribution in [-0.2, 0) is 4.79 Å². The van der Waals surface area contributed by atoms with E-state index < -0.39 is 12.6 Å². The first-order valence-corrected chi connectivity index (χ1v) is 6.62. The molecular formula is C14H17F3N2O. The Bertz CT molecular complexity index is 474. The number of amides is 1. The molecule has 0 saturated carbocycles. The smallest absolute Gasteiger partial charge is 0.384 e. The molecule has 2 N–H and O–H groups in total. The first-order chi connectivity index (χ1) is 9.46. The van der Waals surface area contributed by atoms with Gasteiger partial charge in [-0.1, -0.05) is 18.2 Å². The summed E-state index contributed by atoms with van der Waals surface area (Å²) in [5.41, 5.74) is 2.13. The molecule has 1 atom stereocenters. The second kappa shape index (κ2) is 6.15. The van der Waals surface area contributed by atoms with Gasteiger partial charge >= 0.3 is 6.18 Å². The van der Waals surface area contributed by atoms with Gasteiger partial charge in [0.25, 0.3) is 0 Å². The van der Waals surface area contributed by atoms with E-state index >= 15 is 0 Å². The molecule has 2 rings (SSSR count). The average Bonchev–Trinajstić information content (AvgIpc) is 2.77. The summed E-state index contributed by atoms with van der Waals surface area (Å²) < 4.78 is 35.9. The van der Waals surface area contributed by atoms with E-state index in [0.717, 1.165) is 11.3 Å². The minimum absolute atomic E-state index is 0.0696. The summed E-state index contributed by atoms with van der Waals surface area (Å²) >= 11 is 0. The maximum atomic E-state index is 12.0. The van der Waals surface area contributed by atoms with Gasteiger partial charge in [-0.2, -0.15) is 13.2 Å². The van der Waals surface area contributed by atoms with Crippen LogP contribution in [0.25, 0.3) is 0 Å². The summed E-state index contributed by atoms with van der Waals surface area (Å²) in [5.74, 6) is -0.107. The van der Waals surface area contributed by atoms with E-state index in [0.29, 0.717) is 13.0 Å². The molecule has 0 spiro atoms. The quantitative estimate of drug-likeness (QED) is 0.817. The molecule has 3 nitrogen and oxygen atoms in total. The van der Waals surface area contributed by atoms with Crippen molar-refractivity contribution in [1.82, 2.24) is 5.32 Å². The van der Waals surface area contributed by atoms with Gasteiger partial charge in [0.05, 0.1) is 0 Å². The van der Waals surface area contributed by atoms with Crippen molar-refractivity contribution in [2.24, 2.45) is 0 Å². The second-order valence-corrected chi connectivity index (χ2v) is 4.94. The number of carbonyl (C=O) groups excluding carboxylic acids is 1. The number of hydrogen-bond acceptors (Lipinski definition) is 2. The molecule has 1 unspecified atom stereocenters. The van der Waals surface area contributed by atoms with Crippen LogP contribution in [0.2, 0.25) is 0 Å². The molecule has 1 aliphatic rings. The van der Waals surface area contributed by atoms with Crippen molar-refractivity contribution in [3.05, 3.63) is 29.8 Å². The molecule has 0 aliphatic carbocycles. The van der Waals surface area contributed by atoms with E-state index in [1.54, 1.807) is 0 Å². The normalized spacial score (nSPS) is 17.4. The topological polar surface area (TPSA) is 41.1 Å². The molecule has 110 valence electrons. The van der Waals surface area contributed by atoms with E-state index in [2.05, 4.69) is 10.6 Å². The first kappa shape index (κ1) is 14.7. The van der Waals surface area contributed by atoms with Gasteiger partial charge in [-0.3, -0.25) is 4.79 Å². The number of anilines is 1. The van der Waals surface area contributed by atoms with Crippen LogP contribution >= 0.6 is 0 Å². The number of rotatable bonds is 5. The first-order valence-electron chi connectivity index (χ1n) is 6.62. The monoisotopic (exact) mass is 286 g/mol. The third-order valence-electron chi connectivity index (χ3n) is 3.33. The zero-order valence-corrected chi connectivity index (χ0v) is 11.0. The molecule has 0 aromatic heterocycles. The standard InChI is InChI=1S/C14H17F3N2O/c15-14(16,17)6-3-7-18-13(20)8-10-9-19-12-5-2-1-4-11(10)12/h1-2,4-5,10,19H,3,6-9H2,(H,18,20). The third kappa shape index (κ3) is 4.15. The summed E-state index contributed by atoms with van der Waals surface area (Å²) in [7, 11) is 0. The fraction of sp³-hybridized carbons (Fsp3) is 0.500. The van der Waals surface area contributed by atoms with E-state index in [1.165, 1.54) is 0 Å². The van der Waals surface area contributed by atoms with Gasteiger partial charge in [0, 0.05) is 37.5 Å². The molecule has 1 amide bonds. The fourth-order valence-electron chi connectivity index (χ4n) is 2.35. The Morgan fingerprint density at radius 3 is 2.85 bits per heavy atom. The molecule has 6 heteroatoms. The van der Waals surface area contributed by atoms with Crippen LogP contribution in [0.5, 0.6) is 0 Å². The van der Waals surface area contributed by atoms with Gasteiger partial charge in [0.1, 0.15) is 0 Å². The van der Waals surface area contributed by atoms with Crippen LogP contribution in [0.4, 0.5) is 18.9 Å². The average molecular weight is 286 g/mol. The zero-order valence-electron chi connectivity index (χ0n) is 11.0. The molecule has 0 saturated heterocycles. The number of halogens is 3. The van der Waals surface area contributed by atoms with E-state index in [1.807, 2.05) is 24.3 Å². The third-order valence-corrected chi connectivity index (χ3v) is 3.33. The van der Waals surface area contributed by atoms with Gasteiger partial charge < -0.3 is 10.6 Å². The Morgan fingerprint density at radius 1 is 1.35 bits per heavy atom. The van der Waals surface area contributed by atoms with Gasteiger partial charge in [-0.25, -0.2) is 0 Å². The SMILES string of the molecule is O=C(CC1CNc2ccccc21)NCCCC(F)(F)F. The second-order valence-electron chi connectivity index (χ2n) is 4.94. The van der Waals surface area contributed by atoms with Crippen molar-refractivity contribution in [1.29, 1.82) is 0 Å². The number of para-hydroxylation sites is 1. The number of fused-ring (bicyclic) bond motifs is 1. The maximum Gasteiger partial charge on any atom is 0.389 e. The molecule has 1 aliphatic heterocycles. The molecule has 1 aromatic rings. The minimum Gasteiger partial charge on any atom is -0.384 e. The van der Waals surface area contributed by atoms with Crippen molar-refractivity contribution in [2.45, 2.75) is 31.4 Å². The predicted octanol–water partition coefficient (Wildman–Crippen LogP) is 3.04. The lowest BCUT2D eigenvalue weighted by Gasteiger charge is -2.11. The maximum absolute atomic E-state index is 12.0. The summed E-state index contributed by atoms with van der Waals surface area (Å²) in [6, 6.07) is 7.76. The lowest BCUT2D eigenvalue weighted by molar-refractivity contribution is -0.136. The molecule has 0 fully saturated rings. The summed E-state index contributed by atoms with van der Waals surface area (Å²) in [4.78, 5) is 11.7. The Labute approximate surface area is 115 Å². The number of nitrogens with one attached hydrogen (secondary N) is 2. The highest BCUT2D eigenvalue weighted by molar-refractivity contribution is 5.78. The summed E-state index contributed by atoms with van der Waals surface area (Å²) in [6.45, 7) is 0.759. The van der Waals surface area contributed by atoms with Crippen LogP contribution < -0.4 is 10.6 Å². The van der Waals surface area contributed by atoms with Crippen molar-refractivity contribution in [3.63, 3.8) is 0 Å². The fourth-order valence-corrected chi connectivity index (χ4v) is 2.35. The van der Waals surface area contributed by atoms with Crippen LogP contribution in [0, 0.1) is 0 Å². The van der Waals surface area contributed by atoms with Crippen molar-refractivity contribution < 1.29 is 18.0 Å². The molecule has 1 aromatic carbocycles. The van der Waals surface area contributed by atoms with Gasteiger partial charge in [0.15, 0.2) is 0 Å². The van der Waals surface area contributed by atoms with Gasteiger partial charge in [0.2, 0.25) is 5.91 Å². The lowest BCUT2D eigenvalue weighted by atomic mass is 9.97. The van der Waals surface area contributed by atoms with Crippen LogP contribution in [-0.4, -0.2) is 25.2 Å². The van der Waals surface area contributed by atoms with E-state index in [4.69, 9.17) is 0 Å². The van der Waals surface area contributed by atoms with Gasteiger partial charge in [-0.15, -0.1) is 0 Å². The Morgan fingerprint density at radius 2 is 2.10 bits per heavy atom. The predicted molar refractivity (Wildman–Crippen MR) is 70.6 cm³/mol. The van der Waals surface area contributed by atoms with Gasteiger partial charge in [-0.05, 0) is 18.1 Å². The zero-order chi connectivity index (χ0) is 14.6. The Kier molecular flexibility index (Phi) is 4.52. The Balaban J connectivity index is 1.73.